The minimum Gasteiger partial charge on any atom is -0.334 e. The molecule has 6 nitrogen and oxygen atoms in total. The smallest absolute Gasteiger partial charge is 0.322 e. The van der Waals surface area contributed by atoms with Gasteiger partial charge in [-0.2, -0.15) is 4.98 Å². The van der Waals surface area contributed by atoms with E-state index in [9.17, 15) is 4.79 Å². The van der Waals surface area contributed by atoms with Gasteiger partial charge in [0.15, 0.2) is 0 Å². The molecule has 2 heterocycles. The molecule has 0 spiro atoms. The molecular formula is C25H27ClN4O2. The van der Waals surface area contributed by atoms with Gasteiger partial charge in [-0.3, -0.25) is 4.90 Å². The van der Waals surface area contributed by atoms with E-state index in [4.69, 9.17) is 21.1 Å². The lowest BCUT2D eigenvalue weighted by Gasteiger charge is -2.35. The number of hydrogen-bond donors (Lipinski definition) is 1. The van der Waals surface area contributed by atoms with Gasteiger partial charge in [0, 0.05) is 22.8 Å². The van der Waals surface area contributed by atoms with Crippen LogP contribution in [0.15, 0.2) is 58.8 Å². The van der Waals surface area contributed by atoms with E-state index in [1.165, 1.54) is 5.56 Å². The molecule has 1 unspecified atom stereocenters. The number of carbonyl (C=O) groups is 1. The number of amides is 2. The fourth-order valence-corrected chi connectivity index (χ4v) is 4.12. The second-order valence-corrected chi connectivity index (χ2v) is 8.35. The molecule has 1 N–H and O–H groups in total. The molecule has 1 atom stereocenters. The Morgan fingerprint density at radius 2 is 1.94 bits per heavy atom. The molecular weight excluding hydrogens is 424 g/mol. The Hall–Kier alpha value is -3.12. The number of halogens is 1. The van der Waals surface area contributed by atoms with Crippen molar-refractivity contribution >= 4 is 23.2 Å². The lowest BCUT2D eigenvalue weighted by atomic mass is 9.94. The second-order valence-electron chi connectivity index (χ2n) is 7.92. The van der Waals surface area contributed by atoms with Crippen LogP contribution in [0.5, 0.6) is 0 Å². The lowest BCUT2D eigenvalue weighted by molar-refractivity contribution is 0.204. The lowest BCUT2D eigenvalue weighted by Crippen LogP contribution is -2.46. The molecule has 1 aliphatic rings. The number of rotatable bonds is 7. The highest BCUT2D eigenvalue weighted by Gasteiger charge is 2.35. The fraction of sp³-hybridized carbons (Fsp3) is 0.320. The number of allylic oxidation sites excluding steroid dienone is 1. The van der Waals surface area contributed by atoms with Gasteiger partial charge in [0.05, 0.1) is 11.6 Å². The Bertz CT molecular complexity index is 1140. The second kappa shape index (κ2) is 9.57. The van der Waals surface area contributed by atoms with Gasteiger partial charge >= 0.3 is 6.03 Å². The van der Waals surface area contributed by atoms with Crippen molar-refractivity contribution in [3.8, 4) is 11.4 Å². The highest BCUT2D eigenvalue weighted by Crippen LogP contribution is 2.38. The highest BCUT2D eigenvalue weighted by atomic mass is 35.5. The Labute approximate surface area is 193 Å². The van der Waals surface area contributed by atoms with Crippen molar-refractivity contribution in [2.45, 2.75) is 46.1 Å². The third-order valence-corrected chi connectivity index (χ3v) is 6.03. The number of nitrogens with one attached hydrogen (secondary N) is 1. The summed E-state index contributed by atoms with van der Waals surface area (Å²) in [6, 6.07) is 15.0. The molecule has 0 radical (unpaired) electrons. The van der Waals surface area contributed by atoms with Crippen LogP contribution in [0.4, 0.5) is 4.79 Å². The quantitative estimate of drug-likeness (QED) is 0.461. The predicted molar refractivity (Wildman–Crippen MR) is 126 cm³/mol. The van der Waals surface area contributed by atoms with Crippen molar-refractivity contribution < 1.29 is 9.32 Å². The van der Waals surface area contributed by atoms with Gasteiger partial charge in [-0.25, -0.2) is 4.79 Å². The molecule has 2 aromatic carbocycles. The van der Waals surface area contributed by atoms with Crippen LogP contribution in [0, 0.1) is 0 Å². The van der Waals surface area contributed by atoms with Crippen LogP contribution in [-0.4, -0.2) is 27.6 Å². The summed E-state index contributed by atoms with van der Waals surface area (Å²) in [7, 11) is 0. The first-order valence-electron chi connectivity index (χ1n) is 11.0. The summed E-state index contributed by atoms with van der Waals surface area (Å²) >= 11 is 6.25. The summed E-state index contributed by atoms with van der Waals surface area (Å²) in [5.74, 6) is 0.911. The first-order valence-corrected chi connectivity index (χ1v) is 11.4. The average molecular weight is 451 g/mol. The van der Waals surface area contributed by atoms with E-state index in [-0.39, 0.29) is 6.03 Å². The van der Waals surface area contributed by atoms with E-state index in [0.717, 1.165) is 41.7 Å². The summed E-state index contributed by atoms with van der Waals surface area (Å²) in [5, 5.41) is 7.93. The maximum atomic E-state index is 12.9. The van der Waals surface area contributed by atoms with E-state index < -0.39 is 6.04 Å². The zero-order valence-electron chi connectivity index (χ0n) is 18.6. The number of urea groups is 1. The molecule has 0 saturated carbocycles. The number of hydrogen-bond acceptors (Lipinski definition) is 4. The van der Waals surface area contributed by atoms with Crippen LogP contribution in [0.1, 0.15) is 56.7 Å². The largest absolute Gasteiger partial charge is 0.334 e. The number of carbonyl (C=O) groups excluding carboxylic acids is 1. The molecule has 0 aliphatic carbocycles. The van der Waals surface area contributed by atoms with Crippen LogP contribution >= 0.6 is 11.6 Å². The van der Waals surface area contributed by atoms with Gasteiger partial charge in [0.1, 0.15) is 0 Å². The van der Waals surface area contributed by atoms with Crippen molar-refractivity contribution in [1.82, 2.24) is 20.4 Å². The van der Waals surface area contributed by atoms with E-state index in [2.05, 4.69) is 36.5 Å². The van der Waals surface area contributed by atoms with E-state index >= 15 is 0 Å². The minimum atomic E-state index is -0.435. The van der Waals surface area contributed by atoms with Crippen LogP contribution in [0.3, 0.4) is 0 Å². The van der Waals surface area contributed by atoms with Crippen LogP contribution in [0.2, 0.25) is 5.02 Å². The van der Waals surface area contributed by atoms with Crippen molar-refractivity contribution in [2.75, 3.05) is 6.54 Å². The Morgan fingerprint density at radius 3 is 2.62 bits per heavy atom. The normalized spacial score (nSPS) is 16.4. The van der Waals surface area contributed by atoms with Gasteiger partial charge in [-0.05, 0) is 43.0 Å². The SMILES string of the molecule is CCCCN1C(=O)NC(c2cccc(Cl)c2)C(c2nc(-c3ccc(CC)cc3)no2)=C1C. The molecule has 0 bridgehead atoms. The summed E-state index contributed by atoms with van der Waals surface area (Å²) in [5.41, 5.74) is 4.59. The summed E-state index contributed by atoms with van der Waals surface area (Å²) in [6.45, 7) is 6.78. The van der Waals surface area contributed by atoms with E-state index in [1.807, 2.05) is 43.3 Å². The van der Waals surface area contributed by atoms with E-state index in [0.29, 0.717) is 23.3 Å². The third kappa shape index (κ3) is 4.41. The van der Waals surface area contributed by atoms with E-state index in [1.54, 1.807) is 4.90 Å². The van der Waals surface area contributed by atoms with Crippen LogP contribution < -0.4 is 5.32 Å². The van der Waals surface area contributed by atoms with Gasteiger partial charge < -0.3 is 9.84 Å². The predicted octanol–water partition coefficient (Wildman–Crippen LogP) is 6.25. The highest BCUT2D eigenvalue weighted by molar-refractivity contribution is 6.30. The summed E-state index contributed by atoms with van der Waals surface area (Å²) < 4.78 is 5.73. The molecule has 166 valence electrons. The first-order chi connectivity index (χ1) is 15.5. The van der Waals surface area contributed by atoms with Crippen molar-refractivity contribution in [3.05, 3.63) is 76.3 Å². The minimum absolute atomic E-state index is 0.139. The number of benzene rings is 2. The molecule has 1 aliphatic heterocycles. The van der Waals surface area contributed by atoms with Gasteiger partial charge in [-0.1, -0.05) is 73.4 Å². The third-order valence-electron chi connectivity index (χ3n) is 5.79. The maximum Gasteiger partial charge on any atom is 0.322 e. The summed E-state index contributed by atoms with van der Waals surface area (Å²) in [4.78, 5) is 19.4. The first kappa shape index (κ1) is 22.1. The average Bonchev–Trinajstić information content (AvgIpc) is 3.28. The van der Waals surface area contributed by atoms with Crippen molar-refractivity contribution in [2.24, 2.45) is 0 Å². The zero-order chi connectivity index (χ0) is 22.7. The Morgan fingerprint density at radius 1 is 1.16 bits per heavy atom. The molecule has 4 rings (SSSR count). The summed E-state index contributed by atoms with van der Waals surface area (Å²) in [6.07, 6.45) is 2.86. The number of unbranched alkanes of at least 4 members (excludes halogenated alkanes) is 1. The van der Waals surface area contributed by atoms with Crippen LogP contribution in [0.25, 0.3) is 17.0 Å². The molecule has 1 aromatic heterocycles. The zero-order valence-corrected chi connectivity index (χ0v) is 19.3. The maximum absolute atomic E-state index is 12.9. The van der Waals surface area contributed by atoms with Crippen molar-refractivity contribution in [3.63, 3.8) is 0 Å². The molecule has 7 heteroatoms. The van der Waals surface area contributed by atoms with Crippen LogP contribution in [-0.2, 0) is 6.42 Å². The van der Waals surface area contributed by atoms with Gasteiger partial charge in [0.2, 0.25) is 5.82 Å². The van der Waals surface area contributed by atoms with Crippen molar-refractivity contribution in [1.29, 1.82) is 0 Å². The number of aromatic nitrogens is 2. The Balaban J connectivity index is 1.78. The topological polar surface area (TPSA) is 71.3 Å². The molecule has 32 heavy (non-hydrogen) atoms. The van der Waals surface area contributed by atoms with Gasteiger partial charge in [-0.15, -0.1) is 0 Å². The number of nitrogens with zero attached hydrogens (tertiary/aromatic N) is 3. The molecule has 0 saturated heterocycles. The van der Waals surface area contributed by atoms with Gasteiger partial charge in [0.25, 0.3) is 5.89 Å². The molecule has 0 fully saturated rings. The fourth-order valence-electron chi connectivity index (χ4n) is 3.92. The monoisotopic (exact) mass is 450 g/mol. The number of aryl methyl sites for hydroxylation is 1. The standard InChI is InChI=1S/C25H27ClN4O2/c1-4-6-14-30-16(3)21(22(27-25(30)31)19-8-7-9-20(26)15-19)24-28-23(29-32-24)18-12-10-17(5-2)11-13-18/h7-13,15,22H,4-6,14H2,1-3H3,(H,27,31). The molecule has 3 aromatic rings. The Kier molecular flexibility index (Phi) is 6.61. The molecule has 2 amide bonds.